The molecule has 2 aliphatic rings. The Labute approximate surface area is 125 Å². The van der Waals surface area contributed by atoms with Gasteiger partial charge in [0.25, 0.3) is 0 Å². The summed E-state index contributed by atoms with van der Waals surface area (Å²) in [6.07, 6.45) is 6.59. The first-order valence-corrected chi connectivity index (χ1v) is 7.70. The molecule has 3 amide bonds. The smallest absolute Gasteiger partial charge is 0.249 e. The minimum absolute atomic E-state index is 0.240. The van der Waals surface area contributed by atoms with Gasteiger partial charge in [-0.25, -0.2) is 4.98 Å². The van der Waals surface area contributed by atoms with Gasteiger partial charge in [0.15, 0.2) is 5.13 Å². The number of aromatic nitrogens is 1. The highest BCUT2D eigenvalue weighted by Crippen LogP contribution is 2.36. The molecule has 6 nitrogen and oxygen atoms in total. The summed E-state index contributed by atoms with van der Waals surface area (Å²) in [4.78, 5) is 42.0. The molecule has 1 fully saturated rings. The number of rotatable bonds is 3. The number of nitrogens with one attached hydrogen (secondary N) is 1. The molecule has 1 aliphatic carbocycles. The van der Waals surface area contributed by atoms with Crippen LogP contribution in [0.4, 0.5) is 5.13 Å². The van der Waals surface area contributed by atoms with Crippen LogP contribution in [-0.2, 0) is 14.4 Å². The Morgan fingerprint density at radius 3 is 2.48 bits per heavy atom. The van der Waals surface area contributed by atoms with Gasteiger partial charge in [0.2, 0.25) is 17.7 Å². The maximum absolute atomic E-state index is 12.4. The number of hydrogen-bond acceptors (Lipinski definition) is 5. The van der Waals surface area contributed by atoms with Crippen LogP contribution in [0.5, 0.6) is 0 Å². The highest BCUT2D eigenvalue weighted by molar-refractivity contribution is 7.13. The Morgan fingerprint density at radius 2 is 1.95 bits per heavy atom. The van der Waals surface area contributed by atoms with Gasteiger partial charge in [0, 0.05) is 11.6 Å². The first kappa shape index (κ1) is 13.9. The molecule has 0 aromatic carbocycles. The van der Waals surface area contributed by atoms with E-state index in [9.17, 15) is 14.4 Å². The van der Waals surface area contributed by atoms with E-state index >= 15 is 0 Å². The van der Waals surface area contributed by atoms with E-state index in [1.54, 1.807) is 18.5 Å². The van der Waals surface area contributed by atoms with E-state index in [2.05, 4.69) is 10.3 Å². The zero-order chi connectivity index (χ0) is 15.0. The minimum Gasteiger partial charge on any atom is -0.300 e. The second-order valence-electron chi connectivity index (χ2n) is 5.20. The van der Waals surface area contributed by atoms with Crippen LogP contribution in [0, 0.1) is 11.8 Å². The molecule has 0 bridgehead atoms. The zero-order valence-electron chi connectivity index (χ0n) is 11.5. The van der Waals surface area contributed by atoms with E-state index in [0.717, 1.165) is 4.90 Å². The first-order chi connectivity index (χ1) is 10.1. The Morgan fingerprint density at radius 1 is 1.33 bits per heavy atom. The Balaban J connectivity index is 1.75. The fourth-order valence-corrected chi connectivity index (χ4v) is 3.35. The van der Waals surface area contributed by atoms with E-state index in [1.165, 1.54) is 11.3 Å². The Bertz CT molecular complexity index is 585. The summed E-state index contributed by atoms with van der Waals surface area (Å²) in [5.74, 6) is -1.49. The highest BCUT2D eigenvalue weighted by atomic mass is 32.1. The van der Waals surface area contributed by atoms with E-state index in [-0.39, 0.29) is 23.7 Å². The van der Waals surface area contributed by atoms with E-state index in [4.69, 9.17) is 0 Å². The number of anilines is 1. The van der Waals surface area contributed by atoms with Gasteiger partial charge in [-0.15, -0.1) is 11.3 Å². The van der Waals surface area contributed by atoms with Crippen LogP contribution in [0.3, 0.4) is 0 Å². The summed E-state index contributed by atoms with van der Waals surface area (Å²) in [7, 11) is 0. The summed E-state index contributed by atoms with van der Waals surface area (Å²) in [5, 5.41) is 4.83. The molecule has 0 spiro atoms. The quantitative estimate of drug-likeness (QED) is 0.676. The maximum atomic E-state index is 12.4. The zero-order valence-corrected chi connectivity index (χ0v) is 12.3. The van der Waals surface area contributed by atoms with E-state index in [1.807, 2.05) is 12.2 Å². The van der Waals surface area contributed by atoms with Gasteiger partial charge >= 0.3 is 0 Å². The van der Waals surface area contributed by atoms with Crippen LogP contribution in [-0.4, -0.2) is 33.6 Å². The van der Waals surface area contributed by atoms with Crippen molar-refractivity contribution in [1.29, 1.82) is 0 Å². The van der Waals surface area contributed by atoms with Gasteiger partial charge in [-0.3, -0.25) is 19.3 Å². The van der Waals surface area contributed by atoms with Crippen LogP contribution < -0.4 is 5.32 Å². The molecule has 1 aromatic heterocycles. The summed E-state index contributed by atoms with van der Waals surface area (Å²) >= 11 is 1.29. The number of carbonyl (C=O) groups is 3. The summed E-state index contributed by atoms with van der Waals surface area (Å²) < 4.78 is 0. The third-order valence-electron chi connectivity index (χ3n) is 3.97. The molecule has 0 saturated carbocycles. The average molecular weight is 305 g/mol. The lowest BCUT2D eigenvalue weighted by atomic mass is 9.85. The summed E-state index contributed by atoms with van der Waals surface area (Å²) in [6, 6.07) is -0.820. The summed E-state index contributed by atoms with van der Waals surface area (Å²) in [5.41, 5.74) is 0. The van der Waals surface area contributed by atoms with Crippen molar-refractivity contribution in [3.63, 3.8) is 0 Å². The van der Waals surface area contributed by atoms with Crippen LogP contribution >= 0.6 is 11.3 Å². The fraction of sp³-hybridized carbons (Fsp3) is 0.429. The lowest BCUT2D eigenvalue weighted by molar-refractivity contribution is -0.146. The van der Waals surface area contributed by atoms with Crippen LogP contribution in [0.15, 0.2) is 23.7 Å². The van der Waals surface area contributed by atoms with Crippen molar-refractivity contribution in [1.82, 2.24) is 9.88 Å². The van der Waals surface area contributed by atoms with Gasteiger partial charge in [0.1, 0.15) is 6.04 Å². The predicted molar refractivity (Wildman–Crippen MR) is 77.4 cm³/mol. The van der Waals surface area contributed by atoms with Crippen molar-refractivity contribution in [2.45, 2.75) is 25.8 Å². The number of allylic oxidation sites excluding steroid dienone is 2. The van der Waals surface area contributed by atoms with Crippen LogP contribution in [0.1, 0.15) is 19.8 Å². The number of carbonyl (C=O) groups excluding carboxylic acids is 3. The largest absolute Gasteiger partial charge is 0.300 e. The number of hydrogen-bond donors (Lipinski definition) is 1. The van der Waals surface area contributed by atoms with Crippen molar-refractivity contribution in [3.8, 4) is 0 Å². The molecule has 2 heterocycles. The molecule has 1 aromatic rings. The standard InChI is InChI=1S/C14H15N3O3S/c1-8(11(18)16-14-15-6-7-21-14)17-12(19)9-4-2-3-5-10(9)13(17)20/h2-3,6-10H,4-5H2,1H3,(H,15,16,18)/t8-,9-,10-/m1/s1. The summed E-state index contributed by atoms with van der Waals surface area (Å²) in [6.45, 7) is 1.57. The minimum atomic E-state index is -0.820. The second kappa shape index (κ2) is 5.40. The van der Waals surface area contributed by atoms with Crippen molar-refractivity contribution >= 4 is 34.2 Å². The van der Waals surface area contributed by atoms with Gasteiger partial charge in [-0.2, -0.15) is 0 Å². The lowest BCUT2D eigenvalue weighted by Gasteiger charge is -2.21. The Kier molecular flexibility index (Phi) is 3.59. The normalized spacial score (nSPS) is 25.9. The molecule has 0 radical (unpaired) electrons. The molecule has 110 valence electrons. The third-order valence-corrected chi connectivity index (χ3v) is 4.66. The van der Waals surface area contributed by atoms with Crippen LogP contribution in [0.25, 0.3) is 0 Å². The van der Waals surface area contributed by atoms with Crippen molar-refractivity contribution in [3.05, 3.63) is 23.7 Å². The van der Waals surface area contributed by atoms with Gasteiger partial charge in [-0.1, -0.05) is 12.2 Å². The van der Waals surface area contributed by atoms with Crippen LogP contribution in [0.2, 0.25) is 0 Å². The number of thiazole rings is 1. The topological polar surface area (TPSA) is 79.4 Å². The Hall–Kier alpha value is -2.02. The monoisotopic (exact) mass is 305 g/mol. The average Bonchev–Trinajstić information content (AvgIpc) is 3.07. The molecule has 3 atom stereocenters. The molecular formula is C14H15N3O3S. The maximum Gasteiger partial charge on any atom is 0.249 e. The molecule has 1 saturated heterocycles. The number of nitrogens with zero attached hydrogens (tertiary/aromatic N) is 2. The fourth-order valence-electron chi connectivity index (χ4n) is 2.82. The second-order valence-corrected chi connectivity index (χ2v) is 6.10. The number of fused-ring (bicyclic) bond motifs is 1. The van der Waals surface area contributed by atoms with Gasteiger partial charge < -0.3 is 5.32 Å². The predicted octanol–water partition coefficient (Wildman–Crippen LogP) is 1.42. The van der Waals surface area contributed by atoms with Gasteiger partial charge in [0.05, 0.1) is 11.8 Å². The molecule has 0 unspecified atom stereocenters. The first-order valence-electron chi connectivity index (χ1n) is 6.82. The molecule has 3 rings (SSSR count). The van der Waals surface area contributed by atoms with E-state index in [0.29, 0.717) is 18.0 Å². The van der Waals surface area contributed by atoms with E-state index < -0.39 is 11.9 Å². The molecule has 7 heteroatoms. The third kappa shape index (κ3) is 2.37. The molecule has 1 N–H and O–H groups in total. The van der Waals surface area contributed by atoms with Crippen molar-refractivity contribution < 1.29 is 14.4 Å². The molecular weight excluding hydrogens is 290 g/mol. The van der Waals surface area contributed by atoms with Crippen molar-refractivity contribution in [2.75, 3.05) is 5.32 Å². The lowest BCUT2D eigenvalue weighted by Crippen LogP contribution is -2.46. The number of likely N-dealkylation sites (tertiary alicyclic amines) is 1. The highest BCUT2D eigenvalue weighted by Gasteiger charge is 2.50. The molecule has 1 aliphatic heterocycles. The van der Waals surface area contributed by atoms with Crippen molar-refractivity contribution in [2.24, 2.45) is 11.8 Å². The van der Waals surface area contributed by atoms with Gasteiger partial charge in [-0.05, 0) is 19.8 Å². The molecule has 21 heavy (non-hydrogen) atoms. The number of imide groups is 1. The SMILES string of the molecule is C[C@H](C(=O)Nc1nccs1)N1C(=O)[C@@H]2CC=CC[C@H]2C1=O. The number of amides is 3.